The number of rotatable bonds is 4. The van der Waals surface area contributed by atoms with Gasteiger partial charge in [-0.3, -0.25) is 4.57 Å². The normalized spacial score (nSPS) is 13.2. The minimum Gasteiger partial charge on any atom is -0.455 e. The van der Waals surface area contributed by atoms with Crippen molar-refractivity contribution in [2.45, 2.75) is 19.3 Å². The summed E-state index contributed by atoms with van der Waals surface area (Å²) in [4.78, 5) is 10.8. The van der Waals surface area contributed by atoms with E-state index in [1.54, 1.807) is 0 Å². The standard InChI is InChI=1S/C49H33N3O/c1-49(2)40-20-9-6-15-33(40)38-28-45-39(27-41(38)49)34-16-7-10-21-44(34)52(45)48-50-42(32-25-23-31(24-26-32)30-13-4-3-5-14-30)29-43(51-48)37-19-12-18-36-35-17-8-11-22-46(35)53-47(36)37/h3-29H,1-2H3. The van der Waals surface area contributed by atoms with Gasteiger partial charge in [0, 0.05) is 38.1 Å². The van der Waals surface area contributed by atoms with Crippen molar-refractivity contribution in [3.8, 4) is 50.7 Å². The molecule has 0 fully saturated rings. The van der Waals surface area contributed by atoms with Crippen LogP contribution in [0.5, 0.6) is 0 Å². The molecule has 0 saturated heterocycles. The zero-order chi connectivity index (χ0) is 35.3. The van der Waals surface area contributed by atoms with E-state index in [-0.39, 0.29) is 5.41 Å². The molecule has 53 heavy (non-hydrogen) atoms. The molecule has 0 spiro atoms. The van der Waals surface area contributed by atoms with Crippen LogP contribution in [0.2, 0.25) is 0 Å². The maximum Gasteiger partial charge on any atom is 0.235 e. The van der Waals surface area contributed by atoms with Gasteiger partial charge in [0.05, 0.1) is 22.4 Å². The lowest BCUT2D eigenvalue weighted by molar-refractivity contribution is 0.661. The fourth-order valence-corrected chi connectivity index (χ4v) is 8.61. The maximum atomic E-state index is 6.56. The quantitative estimate of drug-likeness (QED) is 0.186. The molecule has 250 valence electrons. The molecule has 7 aromatic carbocycles. The largest absolute Gasteiger partial charge is 0.455 e. The molecule has 1 aliphatic rings. The number of aromatic nitrogens is 3. The molecule has 3 aromatic heterocycles. The summed E-state index contributed by atoms with van der Waals surface area (Å²) < 4.78 is 8.81. The minimum atomic E-state index is -0.107. The van der Waals surface area contributed by atoms with Gasteiger partial charge in [0.15, 0.2) is 0 Å². The number of furan rings is 1. The van der Waals surface area contributed by atoms with Gasteiger partial charge in [0.2, 0.25) is 5.95 Å². The minimum absolute atomic E-state index is 0.107. The third kappa shape index (κ3) is 4.42. The van der Waals surface area contributed by atoms with Gasteiger partial charge in [-0.25, -0.2) is 9.97 Å². The van der Waals surface area contributed by atoms with Crippen LogP contribution >= 0.6 is 0 Å². The Morgan fingerprint density at radius 2 is 1.11 bits per heavy atom. The Morgan fingerprint density at radius 1 is 0.453 bits per heavy atom. The van der Waals surface area contributed by atoms with Gasteiger partial charge >= 0.3 is 0 Å². The molecule has 0 saturated carbocycles. The number of fused-ring (bicyclic) bond motifs is 9. The zero-order valence-electron chi connectivity index (χ0n) is 29.3. The Kier molecular flexibility index (Phi) is 6.27. The van der Waals surface area contributed by atoms with Crippen molar-refractivity contribution in [3.05, 3.63) is 175 Å². The molecule has 0 bridgehead atoms. The number of hydrogen-bond donors (Lipinski definition) is 0. The predicted octanol–water partition coefficient (Wildman–Crippen LogP) is 12.8. The Labute approximate surface area is 306 Å². The lowest BCUT2D eigenvalue weighted by atomic mass is 9.82. The van der Waals surface area contributed by atoms with E-state index < -0.39 is 0 Å². The average Bonchev–Trinajstić information content (AvgIpc) is 3.83. The van der Waals surface area contributed by atoms with Crippen molar-refractivity contribution in [1.29, 1.82) is 0 Å². The second-order valence-corrected chi connectivity index (χ2v) is 14.6. The SMILES string of the molecule is CC1(C)c2ccccc2-c2cc3c(cc21)c1ccccc1n3-c1nc(-c2ccc(-c3ccccc3)cc2)cc(-c2cccc3c2oc2ccccc23)n1. The van der Waals surface area contributed by atoms with E-state index in [2.05, 4.69) is 164 Å². The average molecular weight is 680 g/mol. The summed E-state index contributed by atoms with van der Waals surface area (Å²) in [6, 6.07) is 58.0. The summed E-state index contributed by atoms with van der Waals surface area (Å²) in [6.45, 7) is 4.67. The Morgan fingerprint density at radius 3 is 1.98 bits per heavy atom. The van der Waals surface area contributed by atoms with Crippen LogP contribution in [-0.2, 0) is 5.41 Å². The van der Waals surface area contributed by atoms with Crippen molar-refractivity contribution < 1.29 is 4.42 Å². The molecule has 4 nitrogen and oxygen atoms in total. The van der Waals surface area contributed by atoms with Gasteiger partial charge < -0.3 is 4.42 Å². The van der Waals surface area contributed by atoms with Crippen LogP contribution in [0.4, 0.5) is 0 Å². The molecular formula is C49H33N3O. The van der Waals surface area contributed by atoms with E-state index in [1.165, 1.54) is 38.6 Å². The topological polar surface area (TPSA) is 43.9 Å². The van der Waals surface area contributed by atoms with E-state index >= 15 is 0 Å². The van der Waals surface area contributed by atoms with Gasteiger partial charge in [-0.1, -0.05) is 141 Å². The molecule has 0 N–H and O–H groups in total. The van der Waals surface area contributed by atoms with E-state index in [9.17, 15) is 0 Å². The Balaban J connectivity index is 1.19. The lowest BCUT2D eigenvalue weighted by Gasteiger charge is -2.21. The van der Waals surface area contributed by atoms with Crippen molar-refractivity contribution >= 4 is 43.7 Å². The first-order valence-electron chi connectivity index (χ1n) is 18.2. The highest BCUT2D eigenvalue weighted by Crippen LogP contribution is 2.51. The summed E-state index contributed by atoms with van der Waals surface area (Å²) in [6.07, 6.45) is 0. The number of benzene rings is 7. The first-order chi connectivity index (χ1) is 26.0. The summed E-state index contributed by atoms with van der Waals surface area (Å²) >= 11 is 0. The van der Waals surface area contributed by atoms with Crippen LogP contribution in [0.3, 0.4) is 0 Å². The van der Waals surface area contributed by atoms with Crippen LogP contribution in [0.25, 0.3) is 94.5 Å². The van der Waals surface area contributed by atoms with Crippen molar-refractivity contribution in [1.82, 2.24) is 14.5 Å². The molecule has 10 aromatic rings. The molecule has 0 radical (unpaired) electrons. The molecule has 0 unspecified atom stereocenters. The third-order valence-corrected chi connectivity index (χ3v) is 11.3. The van der Waals surface area contributed by atoms with Crippen LogP contribution in [0.1, 0.15) is 25.0 Å². The molecule has 11 rings (SSSR count). The summed E-state index contributed by atoms with van der Waals surface area (Å²) in [5.41, 5.74) is 14.9. The number of hydrogen-bond acceptors (Lipinski definition) is 3. The second-order valence-electron chi connectivity index (χ2n) is 14.6. The van der Waals surface area contributed by atoms with E-state index in [0.29, 0.717) is 5.95 Å². The molecule has 1 aliphatic carbocycles. The molecule has 3 heterocycles. The summed E-state index contributed by atoms with van der Waals surface area (Å²) in [5, 5.41) is 4.54. The predicted molar refractivity (Wildman–Crippen MR) is 218 cm³/mol. The lowest BCUT2D eigenvalue weighted by Crippen LogP contribution is -2.14. The van der Waals surface area contributed by atoms with Crippen molar-refractivity contribution in [2.75, 3.05) is 0 Å². The van der Waals surface area contributed by atoms with Gasteiger partial charge in [0.25, 0.3) is 0 Å². The number of para-hydroxylation sites is 3. The Hall–Kier alpha value is -6.78. The van der Waals surface area contributed by atoms with Crippen LogP contribution < -0.4 is 0 Å². The van der Waals surface area contributed by atoms with Crippen molar-refractivity contribution in [2.24, 2.45) is 0 Å². The first-order valence-corrected chi connectivity index (χ1v) is 18.2. The first kappa shape index (κ1) is 29.9. The van der Waals surface area contributed by atoms with Crippen LogP contribution in [-0.4, -0.2) is 14.5 Å². The summed E-state index contributed by atoms with van der Waals surface area (Å²) in [7, 11) is 0. The van der Waals surface area contributed by atoms with Crippen LogP contribution in [0, 0.1) is 0 Å². The monoisotopic (exact) mass is 679 g/mol. The number of nitrogens with zero attached hydrogens (tertiary/aromatic N) is 3. The highest BCUT2D eigenvalue weighted by molar-refractivity contribution is 6.12. The highest BCUT2D eigenvalue weighted by atomic mass is 16.3. The molecule has 0 aliphatic heterocycles. The maximum absolute atomic E-state index is 6.56. The summed E-state index contributed by atoms with van der Waals surface area (Å²) in [5.74, 6) is 0.620. The zero-order valence-corrected chi connectivity index (χ0v) is 29.3. The van der Waals surface area contributed by atoms with E-state index in [0.717, 1.165) is 61.1 Å². The molecule has 0 amide bonds. The fourth-order valence-electron chi connectivity index (χ4n) is 8.61. The molecule has 0 atom stereocenters. The van der Waals surface area contributed by atoms with Gasteiger partial charge in [-0.15, -0.1) is 0 Å². The second kappa shape index (κ2) is 11.1. The van der Waals surface area contributed by atoms with E-state index in [1.807, 2.05) is 18.2 Å². The van der Waals surface area contributed by atoms with Crippen molar-refractivity contribution in [3.63, 3.8) is 0 Å². The molecule has 4 heteroatoms. The van der Waals surface area contributed by atoms with Gasteiger partial charge in [-0.05, 0) is 69.8 Å². The van der Waals surface area contributed by atoms with E-state index in [4.69, 9.17) is 14.4 Å². The smallest absolute Gasteiger partial charge is 0.235 e. The van der Waals surface area contributed by atoms with Gasteiger partial charge in [0.1, 0.15) is 11.2 Å². The highest BCUT2D eigenvalue weighted by Gasteiger charge is 2.36. The fraction of sp³-hybridized carbons (Fsp3) is 0.0612. The molecular weight excluding hydrogens is 647 g/mol. The van der Waals surface area contributed by atoms with Gasteiger partial charge in [-0.2, -0.15) is 0 Å². The third-order valence-electron chi connectivity index (χ3n) is 11.3. The Bertz CT molecular complexity index is 3080. The van der Waals surface area contributed by atoms with Crippen LogP contribution in [0.15, 0.2) is 168 Å².